The molecule has 0 unspecified atom stereocenters. The van der Waals surface area contributed by atoms with Crippen LogP contribution in [0.4, 0.5) is 0 Å². The third-order valence-electron chi connectivity index (χ3n) is 4.43. The summed E-state index contributed by atoms with van der Waals surface area (Å²) in [6.07, 6.45) is 9.62. The van der Waals surface area contributed by atoms with Gasteiger partial charge >= 0.3 is 0 Å². The van der Waals surface area contributed by atoms with Crippen LogP contribution < -0.4 is 0 Å². The van der Waals surface area contributed by atoms with Crippen LogP contribution in [-0.2, 0) is 10.8 Å². The fourth-order valence-electron chi connectivity index (χ4n) is 3.36. The molecule has 106 valence electrons. The fourth-order valence-corrected chi connectivity index (χ4v) is 5.24. The molecular formula is C14H26O3S. The Morgan fingerprint density at radius 2 is 1.06 bits per heavy atom. The number of aliphatic hydroxyl groups is 2. The summed E-state index contributed by atoms with van der Waals surface area (Å²) < 4.78 is 12.2. The average molecular weight is 274 g/mol. The smallest absolute Gasteiger partial charge is 0.0762 e. The Morgan fingerprint density at radius 1 is 0.722 bits per heavy atom. The highest BCUT2D eigenvalue weighted by Gasteiger charge is 2.35. The van der Waals surface area contributed by atoms with Gasteiger partial charge in [0.1, 0.15) is 0 Å². The van der Waals surface area contributed by atoms with E-state index in [0.717, 1.165) is 51.4 Å². The zero-order chi connectivity index (χ0) is 13.1. The SMILES string of the molecule is O=S(CC1(O)CCCCC1)CC1(O)CCCCC1. The van der Waals surface area contributed by atoms with E-state index in [4.69, 9.17) is 0 Å². The molecular weight excluding hydrogens is 248 g/mol. The molecule has 4 heteroatoms. The first kappa shape index (κ1) is 14.5. The van der Waals surface area contributed by atoms with Gasteiger partial charge in [-0.2, -0.15) is 0 Å². The minimum Gasteiger partial charge on any atom is -0.389 e. The molecule has 0 radical (unpaired) electrons. The number of rotatable bonds is 4. The lowest BCUT2D eigenvalue weighted by Crippen LogP contribution is -2.43. The predicted octanol–water partition coefficient (Wildman–Crippen LogP) is 2.13. The average Bonchev–Trinajstić information content (AvgIpc) is 2.29. The van der Waals surface area contributed by atoms with Gasteiger partial charge in [-0.1, -0.05) is 38.5 Å². The minimum atomic E-state index is -1.09. The van der Waals surface area contributed by atoms with E-state index in [1.54, 1.807) is 0 Å². The van der Waals surface area contributed by atoms with Crippen molar-refractivity contribution < 1.29 is 14.4 Å². The summed E-state index contributed by atoms with van der Waals surface area (Å²) in [5.74, 6) is 0.713. The number of hydrogen-bond donors (Lipinski definition) is 2. The Hall–Kier alpha value is 0.0700. The largest absolute Gasteiger partial charge is 0.389 e. The lowest BCUT2D eigenvalue weighted by molar-refractivity contribution is 0.0207. The summed E-state index contributed by atoms with van der Waals surface area (Å²) >= 11 is 0. The van der Waals surface area contributed by atoms with Crippen LogP contribution in [0.1, 0.15) is 64.2 Å². The third kappa shape index (κ3) is 4.04. The monoisotopic (exact) mass is 274 g/mol. The Bertz CT molecular complexity index is 263. The Kier molecular flexibility index (Phi) is 4.84. The molecule has 0 spiro atoms. The molecule has 3 nitrogen and oxygen atoms in total. The molecule has 2 aliphatic carbocycles. The highest BCUT2D eigenvalue weighted by atomic mass is 32.2. The first-order valence-electron chi connectivity index (χ1n) is 7.31. The van der Waals surface area contributed by atoms with Gasteiger partial charge in [0.15, 0.2) is 0 Å². The second-order valence-electron chi connectivity index (χ2n) is 6.30. The maximum Gasteiger partial charge on any atom is 0.0762 e. The van der Waals surface area contributed by atoms with Crippen LogP contribution in [-0.4, -0.2) is 37.1 Å². The van der Waals surface area contributed by atoms with Crippen LogP contribution >= 0.6 is 0 Å². The van der Waals surface area contributed by atoms with Crippen molar-refractivity contribution in [3.63, 3.8) is 0 Å². The van der Waals surface area contributed by atoms with Crippen molar-refractivity contribution in [2.75, 3.05) is 11.5 Å². The molecule has 0 bridgehead atoms. The van der Waals surface area contributed by atoms with E-state index in [2.05, 4.69) is 0 Å². The summed E-state index contributed by atoms with van der Waals surface area (Å²) in [7, 11) is -1.09. The molecule has 2 N–H and O–H groups in total. The van der Waals surface area contributed by atoms with E-state index in [1.807, 2.05) is 0 Å². The van der Waals surface area contributed by atoms with Crippen molar-refractivity contribution in [3.05, 3.63) is 0 Å². The van der Waals surface area contributed by atoms with Crippen molar-refractivity contribution in [1.82, 2.24) is 0 Å². The quantitative estimate of drug-likeness (QED) is 0.825. The van der Waals surface area contributed by atoms with Gasteiger partial charge in [0.05, 0.1) is 22.7 Å². The highest BCUT2D eigenvalue weighted by Crippen LogP contribution is 2.32. The van der Waals surface area contributed by atoms with Gasteiger partial charge in [-0.25, -0.2) is 0 Å². The predicted molar refractivity (Wildman–Crippen MR) is 73.9 cm³/mol. The van der Waals surface area contributed by atoms with Gasteiger partial charge in [-0.15, -0.1) is 0 Å². The molecule has 18 heavy (non-hydrogen) atoms. The molecule has 2 fully saturated rings. The second kappa shape index (κ2) is 6.02. The molecule has 0 aliphatic heterocycles. The van der Waals surface area contributed by atoms with E-state index < -0.39 is 22.0 Å². The molecule has 2 rings (SSSR count). The summed E-state index contributed by atoms with van der Waals surface area (Å²) in [6.45, 7) is 0. The van der Waals surface area contributed by atoms with Gasteiger partial charge in [0.2, 0.25) is 0 Å². The van der Waals surface area contributed by atoms with Gasteiger partial charge in [0, 0.05) is 10.8 Å². The standard InChI is InChI=1S/C14H26O3S/c15-13(7-3-1-4-8-13)11-18(17)12-14(16)9-5-2-6-10-14/h15-16H,1-12H2. The topological polar surface area (TPSA) is 57.5 Å². The third-order valence-corrected chi connectivity index (χ3v) is 6.15. The first-order chi connectivity index (χ1) is 8.52. The Balaban J connectivity index is 1.83. The van der Waals surface area contributed by atoms with Crippen LogP contribution in [0.5, 0.6) is 0 Å². The van der Waals surface area contributed by atoms with Gasteiger partial charge < -0.3 is 10.2 Å². The Labute approximate surface area is 112 Å². The van der Waals surface area contributed by atoms with Crippen molar-refractivity contribution in [3.8, 4) is 0 Å². The molecule has 0 aromatic heterocycles. The molecule has 2 aliphatic rings. The van der Waals surface area contributed by atoms with Crippen LogP contribution in [0.25, 0.3) is 0 Å². The van der Waals surface area contributed by atoms with E-state index in [0.29, 0.717) is 11.5 Å². The summed E-state index contributed by atoms with van der Waals surface area (Å²) in [5.41, 5.74) is -1.46. The van der Waals surface area contributed by atoms with E-state index >= 15 is 0 Å². The van der Waals surface area contributed by atoms with Gasteiger partial charge in [0.25, 0.3) is 0 Å². The molecule has 0 amide bonds. The summed E-state index contributed by atoms with van der Waals surface area (Å²) in [4.78, 5) is 0. The first-order valence-corrected chi connectivity index (χ1v) is 8.80. The molecule has 0 saturated heterocycles. The Morgan fingerprint density at radius 3 is 1.39 bits per heavy atom. The van der Waals surface area contributed by atoms with Crippen molar-refractivity contribution >= 4 is 10.8 Å². The van der Waals surface area contributed by atoms with Crippen LogP contribution in [0.2, 0.25) is 0 Å². The van der Waals surface area contributed by atoms with Crippen LogP contribution in [0.3, 0.4) is 0 Å². The van der Waals surface area contributed by atoms with Crippen LogP contribution in [0.15, 0.2) is 0 Å². The highest BCUT2D eigenvalue weighted by molar-refractivity contribution is 7.85. The van der Waals surface area contributed by atoms with Crippen molar-refractivity contribution in [2.24, 2.45) is 0 Å². The van der Waals surface area contributed by atoms with Gasteiger partial charge in [-0.3, -0.25) is 4.21 Å². The molecule has 0 heterocycles. The van der Waals surface area contributed by atoms with Crippen molar-refractivity contribution in [2.45, 2.75) is 75.4 Å². The summed E-state index contributed by atoms with van der Waals surface area (Å²) in [5, 5.41) is 20.8. The molecule has 0 aromatic carbocycles. The second-order valence-corrected chi connectivity index (χ2v) is 7.76. The lowest BCUT2D eigenvalue weighted by atomic mass is 9.86. The summed E-state index contributed by atoms with van der Waals surface area (Å²) in [6, 6.07) is 0. The van der Waals surface area contributed by atoms with E-state index in [-0.39, 0.29) is 0 Å². The zero-order valence-corrected chi connectivity index (χ0v) is 12.0. The molecule has 2 saturated carbocycles. The van der Waals surface area contributed by atoms with E-state index in [9.17, 15) is 14.4 Å². The van der Waals surface area contributed by atoms with E-state index in [1.165, 1.54) is 12.8 Å². The zero-order valence-electron chi connectivity index (χ0n) is 11.2. The van der Waals surface area contributed by atoms with Crippen molar-refractivity contribution in [1.29, 1.82) is 0 Å². The maximum atomic E-state index is 12.2. The lowest BCUT2D eigenvalue weighted by Gasteiger charge is -2.35. The normalized spacial score (nSPS) is 27.3. The molecule has 0 atom stereocenters. The maximum absolute atomic E-state index is 12.2. The fraction of sp³-hybridized carbons (Fsp3) is 1.00. The van der Waals surface area contributed by atoms with Crippen LogP contribution in [0, 0.1) is 0 Å². The number of hydrogen-bond acceptors (Lipinski definition) is 3. The molecule has 0 aromatic rings. The minimum absolute atomic E-state index is 0.356. The van der Waals surface area contributed by atoms with Gasteiger partial charge in [-0.05, 0) is 25.7 Å².